The molecule has 2 aromatic carbocycles. The number of carbonyl (C=O) groups is 2. The number of nitrogens with one attached hydrogen (secondary N) is 2. The molecule has 1 aliphatic rings. The van der Waals surface area contributed by atoms with Gasteiger partial charge in [-0.25, -0.2) is 0 Å². The number of amides is 2. The summed E-state index contributed by atoms with van der Waals surface area (Å²) in [5.41, 5.74) is 7.38. The van der Waals surface area contributed by atoms with Crippen molar-refractivity contribution in [3.05, 3.63) is 58.1 Å². The SMILES string of the molecule is CC[P+](CC)(CC(=O)Nc1c(C)cccc1C)C1(C(=O)Nc2c(C)cc(C)cc2C)CCC1.[Y]. The fourth-order valence-electron chi connectivity index (χ4n) is 5.70. The van der Waals surface area contributed by atoms with Gasteiger partial charge in [-0.15, -0.1) is 0 Å². The van der Waals surface area contributed by atoms with Crippen LogP contribution in [0.2, 0.25) is 0 Å². The van der Waals surface area contributed by atoms with E-state index in [0.717, 1.165) is 65.2 Å². The normalized spacial score (nSPS) is 14.6. The van der Waals surface area contributed by atoms with Crippen LogP contribution < -0.4 is 10.6 Å². The minimum Gasteiger partial charge on any atom is -0.322 e. The van der Waals surface area contributed by atoms with Crippen molar-refractivity contribution in [3.8, 4) is 0 Å². The molecule has 6 heteroatoms. The number of hydrogen-bond donors (Lipinski definition) is 2. The Bertz CT molecular complexity index is 1020. The van der Waals surface area contributed by atoms with Gasteiger partial charge >= 0.3 is 0 Å². The smallest absolute Gasteiger partial charge is 0.268 e. The maximum absolute atomic E-state index is 13.9. The fourth-order valence-corrected chi connectivity index (χ4v) is 10.5. The second kappa shape index (κ2) is 11.8. The van der Waals surface area contributed by atoms with E-state index in [-0.39, 0.29) is 44.5 Å². The molecule has 2 amide bonds. The van der Waals surface area contributed by atoms with E-state index in [2.05, 4.69) is 57.4 Å². The molecular formula is C28H40N2O2PY+. The van der Waals surface area contributed by atoms with E-state index >= 15 is 0 Å². The maximum Gasteiger partial charge on any atom is 0.268 e. The predicted molar refractivity (Wildman–Crippen MR) is 143 cm³/mol. The van der Waals surface area contributed by atoms with Gasteiger partial charge in [0.2, 0.25) is 0 Å². The summed E-state index contributed by atoms with van der Waals surface area (Å²) in [7, 11) is -1.87. The summed E-state index contributed by atoms with van der Waals surface area (Å²) in [5, 5.41) is 6.11. The van der Waals surface area contributed by atoms with Crippen molar-refractivity contribution in [2.75, 3.05) is 29.1 Å². The molecule has 0 atom stereocenters. The molecule has 181 valence electrons. The molecule has 0 saturated heterocycles. The van der Waals surface area contributed by atoms with Gasteiger partial charge in [-0.2, -0.15) is 0 Å². The van der Waals surface area contributed by atoms with Gasteiger partial charge in [0.15, 0.2) is 5.16 Å². The van der Waals surface area contributed by atoms with Crippen molar-refractivity contribution in [1.82, 2.24) is 0 Å². The largest absolute Gasteiger partial charge is 0.322 e. The number of benzene rings is 2. The number of aryl methyl sites for hydroxylation is 5. The van der Waals surface area contributed by atoms with Gasteiger partial charge < -0.3 is 10.6 Å². The Morgan fingerprint density at radius 3 is 1.79 bits per heavy atom. The molecule has 1 saturated carbocycles. The topological polar surface area (TPSA) is 58.2 Å². The quantitative estimate of drug-likeness (QED) is 0.352. The average molecular weight is 557 g/mol. The van der Waals surface area contributed by atoms with Crippen molar-refractivity contribution in [1.29, 1.82) is 0 Å². The van der Waals surface area contributed by atoms with Crippen molar-refractivity contribution >= 4 is 30.5 Å². The molecule has 1 aliphatic carbocycles. The first-order valence-corrected chi connectivity index (χ1v) is 14.5. The molecule has 0 bridgehead atoms. The van der Waals surface area contributed by atoms with Crippen LogP contribution >= 0.6 is 7.26 Å². The summed E-state index contributed by atoms with van der Waals surface area (Å²) in [6, 6.07) is 10.3. The van der Waals surface area contributed by atoms with Crippen molar-refractivity contribution in [2.45, 2.75) is 72.9 Å². The third-order valence-electron chi connectivity index (χ3n) is 7.83. The third kappa shape index (κ3) is 5.50. The van der Waals surface area contributed by atoms with Gasteiger partial charge in [0.1, 0.15) is 6.16 Å². The molecule has 2 N–H and O–H groups in total. The van der Waals surface area contributed by atoms with Crippen LogP contribution in [0.15, 0.2) is 30.3 Å². The zero-order valence-corrected chi connectivity index (χ0v) is 25.7. The second-order valence-corrected chi connectivity index (χ2v) is 14.6. The van der Waals surface area contributed by atoms with E-state index in [1.165, 1.54) is 5.56 Å². The van der Waals surface area contributed by atoms with Crippen molar-refractivity contribution < 1.29 is 42.3 Å². The molecule has 2 aromatic rings. The minimum absolute atomic E-state index is 0. The molecule has 0 unspecified atom stereocenters. The van der Waals surface area contributed by atoms with Crippen LogP contribution in [0.5, 0.6) is 0 Å². The van der Waals surface area contributed by atoms with E-state index in [1.54, 1.807) is 0 Å². The van der Waals surface area contributed by atoms with E-state index in [4.69, 9.17) is 0 Å². The molecule has 0 heterocycles. The third-order valence-corrected chi connectivity index (χ3v) is 13.6. The Balaban J connectivity index is 0.00000408. The fraction of sp³-hybridized carbons (Fsp3) is 0.500. The summed E-state index contributed by atoms with van der Waals surface area (Å²) in [6.45, 7) is 14.6. The van der Waals surface area contributed by atoms with Crippen LogP contribution in [0.4, 0.5) is 11.4 Å². The standard InChI is InChI=1S/C28H39N2O2P.Y/c1-8-33(9-2,18-24(31)29-25-20(4)12-10-13-21(25)5)28(14-11-15-28)27(32)30-26-22(6)16-19(3)17-23(26)7;/h10,12-13,16-17H,8-9,11,14-15,18H2,1-7H3,(H-,29,30,31,32);/p+1. The molecular weight excluding hydrogens is 516 g/mol. The number of para-hydroxylation sites is 1. The summed E-state index contributed by atoms with van der Waals surface area (Å²) in [6.07, 6.45) is 5.10. The van der Waals surface area contributed by atoms with Gasteiger partial charge in [-0.05, 0) is 90.0 Å². The summed E-state index contributed by atoms with van der Waals surface area (Å²) < 4.78 is 0. The number of rotatable bonds is 8. The van der Waals surface area contributed by atoms with E-state index in [1.807, 2.05) is 32.0 Å². The minimum atomic E-state index is -1.87. The van der Waals surface area contributed by atoms with Crippen molar-refractivity contribution in [3.63, 3.8) is 0 Å². The second-order valence-electron chi connectivity index (χ2n) is 9.86. The molecule has 1 radical (unpaired) electrons. The van der Waals surface area contributed by atoms with Crippen LogP contribution in [0.25, 0.3) is 0 Å². The summed E-state index contributed by atoms with van der Waals surface area (Å²) in [4.78, 5) is 27.3. The Labute approximate surface area is 231 Å². The number of carbonyl (C=O) groups excluding carboxylic acids is 2. The number of hydrogen-bond acceptors (Lipinski definition) is 2. The first-order chi connectivity index (χ1) is 15.6. The first kappa shape index (κ1) is 29.1. The van der Waals surface area contributed by atoms with E-state index in [9.17, 15) is 9.59 Å². The Morgan fingerprint density at radius 1 is 0.853 bits per heavy atom. The van der Waals surface area contributed by atoms with Gasteiger partial charge in [-0.1, -0.05) is 35.9 Å². The molecule has 34 heavy (non-hydrogen) atoms. The maximum atomic E-state index is 13.9. The van der Waals surface area contributed by atoms with Crippen LogP contribution in [0.1, 0.15) is 60.9 Å². The summed E-state index contributed by atoms with van der Waals surface area (Å²) in [5.74, 6) is 0.173. The van der Waals surface area contributed by atoms with E-state index < -0.39 is 12.4 Å². The molecule has 1 fully saturated rings. The van der Waals surface area contributed by atoms with Gasteiger partial charge in [0.25, 0.3) is 11.8 Å². The zero-order valence-electron chi connectivity index (χ0n) is 22.0. The monoisotopic (exact) mass is 556 g/mol. The van der Waals surface area contributed by atoms with Crippen LogP contribution in [-0.2, 0) is 42.3 Å². The number of anilines is 2. The molecule has 3 rings (SSSR count). The van der Waals surface area contributed by atoms with Crippen LogP contribution in [0, 0.1) is 34.6 Å². The Hall–Kier alpha value is -1.09. The van der Waals surface area contributed by atoms with Gasteiger partial charge in [-0.3, -0.25) is 9.59 Å². The van der Waals surface area contributed by atoms with E-state index in [0.29, 0.717) is 6.16 Å². The van der Waals surface area contributed by atoms with Crippen LogP contribution in [-0.4, -0.2) is 35.5 Å². The molecule has 0 spiro atoms. The summed E-state index contributed by atoms with van der Waals surface area (Å²) >= 11 is 0. The molecule has 0 aliphatic heterocycles. The van der Waals surface area contributed by atoms with Crippen molar-refractivity contribution in [2.24, 2.45) is 0 Å². The predicted octanol–water partition coefficient (Wildman–Crippen LogP) is 6.78. The van der Waals surface area contributed by atoms with Gasteiger partial charge in [0.05, 0.1) is 12.3 Å². The first-order valence-electron chi connectivity index (χ1n) is 12.2. The molecule has 0 aromatic heterocycles. The average Bonchev–Trinajstić information content (AvgIpc) is 2.71. The zero-order chi connectivity index (χ0) is 24.4. The van der Waals surface area contributed by atoms with Gasteiger partial charge in [0, 0.05) is 51.3 Å². The Morgan fingerprint density at radius 2 is 1.35 bits per heavy atom. The van der Waals surface area contributed by atoms with Crippen LogP contribution in [0.3, 0.4) is 0 Å². The molecule has 4 nitrogen and oxygen atoms in total. The Kier molecular flexibility index (Phi) is 10.1.